The maximum Gasteiger partial charge on any atom is 0.255 e. The van der Waals surface area contributed by atoms with Crippen molar-refractivity contribution in [3.8, 4) is 11.5 Å². The van der Waals surface area contributed by atoms with Crippen molar-refractivity contribution in [2.75, 3.05) is 6.54 Å². The Kier molecular flexibility index (Phi) is 4.42. The first-order valence-electron chi connectivity index (χ1n) is 8.93. The Morgan fingerprint density at radius 2 is 2.19 bits per heavy atom. The Bertz CT molecular complexity index is 943. The molecule has 1 aliphatic rings. The Morgan fingerprint density at radius 3 is 2.88 bits per heavy atom. The predicted octanol–water partition coefficient (Wildman–Crippen LogP) is 3.11. The van der Waals surface area contributed by atoms with Crippen molar-refractivity contribution in [1.82, 2.24) is 19.9 Å². The molecular weight excluding hydrogens is 328 g/mol. The summed E-state index contributed by atoms with van der Waals surface area (Å²) in [6, 6.07) is 7.78. The number of nitrogens with one attached hydrogen (secondary N) is 1. The Balaban J connectivity index is 1.48. The monoisotopic (exact) mass is 350 g/mol. The largest absolute Gasteiger partial charge is 0.463 e. The molecule has 4 rings (SSSR count). The van der Waals surface area contributed by atoms with Crippen LogP contribution in [0.2, 0.25) is 0 Å². The summed E-state index contributed by atoms with van der Waals surface area (Å²) < 4.78 is 5.37. The van der Waals surface area contributed by atoms with E-state index in [9.17, 15) is 4.79 Å². The summed E-state index contributed by atoms with van der Waals surface area (Å²) in [4.78, 5) is 26.7. The minimum absolute atomic E-state index is 0.00491. The van der Waals surface area contributed by atoms with Gasteiger partial charge < -0.3 is 9.40 Å². The lowest BCUT2D eigenvalue weighted by molar-refractivity contribution is 0.241. The van der Waals surface area contributed by atoms with E-state index in [4.69, 9.17) is 4.42 Å². The molecule has 0 aromatic carbocycles. The van der Waals surface area contributed by atoms with E-state index in [1.54, 1.807) is 6.26 Å². The molecule has 0 atom stereocenters. The fraction of sp³-hybridized carbons (Fsp3) is 0.350. The molecule has 1 aliphatic heterocycles. The molecule has 6 heteroatoms. The van der Waals surface area contributed by atoms with Gasteiger partial charge in [0.25, 0.3) is 5.56 Å². The van der Waals surface area contributed by atoms with Gasteiger partial charge in [-0.2, -0.15) is 0 Å². The summed E-state index contributed by atoms with van der Waals surface area (Å²) in [5.74, 6) is 1.77. The van der Waals surface area contributed by atoms with Gasteiger partial charge in [-0.3, -0.25) is 14.7 Å². The first-order valence-corrected chi connectivity index (χ1v) is 8.93. The molecule has 3 aromatic rings. The van der Waals surface area contributed by atoms with E-state index in [0.717, 1.165) is 53.6 Å². The number of hydrogen-bond donors (Lipinski definition) is 1. The van der Waals surface area contributed by atoms with E-state index < -0.39 is 0 Å². The fourth-order valence-corrected chi connectivity index (χ4v) is 3.25. The molecule has 0 saturated carbocycles. The first kappa shape index (κ1) is 16.7. The molecule has 6 nitrogen and oxygen atoms in total. The molecule has 1 N–H and O–H groups in total. The Morgan fingerprint density at radius 1 is 1.31 bits per heavy atom. The molecule has 0 fully saturated rings. The maximum absolute atomic E-state index is 12.4. The van der Waals surface area contributed by atoms with Gasteiger partial charge in [-0.05, 0) is 23.8 Å². The van der Waals surface area contributed by atoms with Crippen LogP contribution in [-0.2, 0) is 19.5 Å². The second-order valence-electron chi connectivity index (χ2n) is 7.02. The van der Waals surface area contributed by atoms with Gasteiger partial charge in [-0.1, -0.05) is 19.9 Å². The number of aromatic amines is 1. The molecule has 0 aliphatic carbocycles. The highest BCUT2D eigenvalue weighted by Crippen LogP contribution is 2.20. The first-order chi connectivity index (χ1) is 12.6. The molecule has 0 unspecified atom stereocenters. The highest BCUT2D eigenvalue weighted by molar-refractivity contribution is 5.51. The SMILES string of the molecule is CC(C)c1nc2c(c(=O)[nH]1)CN(Cc1ccc(-c3ccco3)nc1)CC2. The lowest BCUT2D eigenvalue weighted by Gasteiger charge is -2.27. The third kappa shape index (κ3) is 3.32. The summed E-state index contributed by atoms with van der Waals surface area (Å²) >= 11 is 0. The van der Waals surface area contributed by atoms with Gasteiger partial charge in [0.15, 0.2) is 5.76 Å². The minimum atomic E-state index is -0.00491. The van der Waals surface area contributed by atoms with E-state index >= 15 is 0 Å². The van der Waals surface area contributed by atoms with Crippen molar-refractivity contribution < 1.29 is 4.42 Å². The van der Waals surface area contributed by atoms with Crippen LogP contribution in [0, 0.1) is 0 Å². The van der Waals surface area contributed by atoms with Crippen LogP contribution >= 0.6 is 0 Å². The van der Waals surface area contributed by atoms with E-state index in [0.29, 0.717) is 6.54 Å². The number of pyridine rings is 1. The molecule has 0 amide bonds. The van der Waals surface area contributed by atoms with Gasteiger partial charge in [-0.25, -0.2) is 4.98 Å². The van der Waals surface area contributed by atoms with Gasteiger partial charge in [0.2, 0.25) is 0 Å². The average molecular weight is 350 g/mol. The smallest absolute Gasteiger partial charge is 0.255 e. The van der Waals surface area contributed by atoms with Crippen molar-refractivity contribution in [1.29, 1.82) is 0 Å². The molecule has 4 heterocycles. The van der Waals surface area contributed by atoms with Crippen molar-refractivity contribution in [3.63, 3.8) is 0 Å². The number of hydrogen-bond acceptors (Lipinski definition) is 5. The van der Waals surface area contributed by atoms with Crippen LogP contribution in [0.3, 0.4) is 0 Å². The minimum Gasteiger partial charge on any atom is -0.463 e. The summed E-state index contributed by atoms with van der Waals surface area (Å²) in [6.45, 7) is 6.35. The predicted molar refractivity (Wildman–Crippen MR) is 98.7 cm³/mol. The van der Waals surface area contributed by atoms with E-state index in [2.05, 4.69) is 25.9 Å². The third-order valence-electron chi connectivity index (χ3n) is 4.72. The molecule has 134 valence electrons. The highest BCUT2D eigenvalue weighted by atomic mass is 16.3. The highest BCUT2D eigenvalue weighted by Gasteiger charge is 2.22. The van der Waals surface area contributed by atoms with Gasteiger partial charge in [0, 0.05) is 38.2 Å². The zero-order valence-electron chi connectivity index (χ0n) is 15.0. The summed E-state index contributed by atoms with van der Waals surface area (Å²) in [5.41, 5.74) is 3.67. The average Bonchev–Trinajstić information content (AvgIpc) is 3.17. The van der Waals surface area contributed by atoms with Crippen LogP contribution in [0.1, 0.15) is 42.4 Å². The number of rotatable bonds is 4. The second kappa shape index (κ2) is 6.88. The quantitative estimate of drug-likeness (QED) is 0.782. The van der Waals surface area contributed by atoms with E-state index in [-0.39, 0.29) is 11.5 Å². The third-order valence-corrected chi connectivity index (χ3v) is 4.72. The zero-order chi connectivity index (χ0) is 18.1. The topological polar surface area (TPSA) is 75.0 Å². The number of nitrogens with zero attached hydrogens (tertiary/aromatic N) is 3. The number of fused-ring (bicyclic) bond motifs is 1. The molecular formula is C20H22N4O2. The number of furan rings is 1. The van der Waals surface area contributed by atoms with Gasteiger partial charge in [-0.15, -0.1) is 0 Å². The van der Waals surface area contributed by atoms with Crippen molar-refractivity contribution >= 4 is 0 Å². The number of H-pyrrole nitrogens is 1. The number of aromatic nitrogens is 3. The zero-order valence-corrected chi connectivity index (χ0v) is 15.0. The fourth-order valence-electron chi connectivity index (χ4n) is 3.25. The maximum atomic E-state index is 12.4. The lowest BCUT2D eigenvalue weighted by atomic mass is 10.1. The van der Waals surface area contributed by atoms with Gasteiger partial charge in [0.05, 0.1) is 17.5 Å². The van der Waals surface area contributed by atoms with Crippen LogP contribution in [0.5, 0.6) is 0 Å². The van der Waals surface area contributed by atoms with Gasteiger partial charge in [0.1, 0.15) is 11.5 Å². The van der Waals surface area contributed by atoms with Crippen LogP contribution in [0.15, 0.2) is 45.9 Å². The standard InChI is InChI=1S/C20H22N4O2/c1-13(2)19-22-16-7-8-24(12-15(16)20(25)23-19)11-14-5-6-17(21-10-14)18-4-3-9-26-18/h3-6,9-10,13H,7-8,11-12H2,1-2H3,(H,22,23,25). The van der Waals surface area contributed by atoms with Crippen LogP contribution in [-0.4, -0.2) is 26.4 Å². The summed E-state index contributed by atoms with van der Waals surface area (Å²) in [6.07, 6.45) is 4.32. The molecule has 0 radical (unpaired) electrons. The van der Waals surface area contributed by atoms with Crippen LogP contribution in [0.4, 0.5) is 0 Å². The molecule has 26 heavy (non-hydrogen) atoms. The normalized spacial score (nSPS) is 14.6. The van der Waals surface area contributed by atoms with Crippen molar-refractivity contribution in [2.45, 2.75) is 39.3 Å². The molecule has 0 bridgehead atoms. The van der Waals surface area contributed by atoms with E-state index in [1.807, 2.05) is 38.2 Å². The second-order valence-corrected chi connectivity index (χ2v) is 7.02. The molecule has 0 spiro atoms. The Hall–Kier alpha value is -2.73. The molecule has 0 saturated heterocycles. The Labute approximate surface area is 151 Å². The van der Waals surface area contributed by atoms with Crippen LogP contribution in [0.25, 0.3) is 11.5 Å². The molecule has 3 aromatic heterocycles. The van der Waals surface area contributed by atoms with Gasteiger partial charge >= 0.3 is 0 Å². The van der Waals surface area contributed by atoms with Crippen molar-refractivity contribution in [3.05, 3.63) is 69.7 Å². The van der Waals surface area contributed by atoms with Crippen molar-refractivity contribution in [2.24, 2.45) is 0 Å². The lowest BCUT2D eigenvalue weighted by Crippen LogP contribution is -2.36. The van der Waals surface area contributed by atoms with Crippen LogP contribution < -0.4 is 5.56 Å². The summed E-state index contributed by atoms with van der Waals surface area (Å²) in [7, 11) is 0. The summed E-state index contributed by atoms with van der Waals surface area (Å²) in [5, 5.41) is 0. The van der Waals surface area contributed by atoms with E-state index in [1.165, 1.54) is 0 Å².